The van der Waals surface area contributed by atoms with Crippen molar-refractivity contribution in [3.05, 3.63) is 48.5 Å². The highest BCUT2D eigenvalue weighted by molar-refractivity contribution is 6.14. The van der Waals surface area contributed by atoms with Crippen LogP contribution in [-0.4, -0.2) is 54.7 Å². The number of phenolic OH excluding ortho intramolecular Hbond substituents is 1. The highest BCUT2D eigenvalue weighted by Gasteiger charge is 2.46. The number of phenols is 1. The molecule has 158 valence electrons. The molecule has 0 saturated carbocycles. The van der Waals surface area contributed by atoms with Crippen molar-refractivity contribution in [2.45, 2.75) is 32.4 Å². The van der Waals surface area contributed by atoms with Crippen molar-refractivity contribution >= 4 is 28.9 Å². The molecule has 2 aromatic carbocycles. The minimum Gasteiger partial charge on any atom is -0.508 e. The first-order chi connectivity index (χ1) is 14.3. The van der Waals surface area contributed by atoms with E-state index in [1.807, 2.05) is 43.3 Å². The minimum absolute atomic E-state index is 0.0321. The first-order valence-electron chi connectivity index (χ1n) is 10.4. The Morgan fingerprint density at radius 1 is 1.10 bits per heavy atom. The van der Waals surface area contributed by atoms with Crippen molar-refractivity contribution in [2.75, 3.05) is 41.3 Å². The second-order valence-electron chi connectivity index (χ2n) is 8.59. The summed E-state index contributed by atoms with van der Waals surface area (Å²) in [5, 5.41) is 12.4. The first kappa shape index (κ1) is 20.2. The maximum atomic E-state index is 13.6. The number of nitrogens with one attached hydrogen (secondary N) is 2. The lowest BCUT2D eigenvalue weighted by Crippen LogP contribution is -3.19. The minimum atomic E-state index is -0.951. The van der Waals surface area contributed by atoms with Crippen LogP contribution < -0.4 is 20.0 Å². The van der Waals surface area contributed by atoms with E-state index in [0.29, 0.717) is 5.69 Å². The predicted molar refractivity (Wildman–Crippen MR) is 117 cm³/mol. The third-order valence-corrected chi connectivity index (χ3v) is 6.33. The van der Waals surface area contributed by atoms with Gasteiger partial charge in [-0.1, -0.05) is 12.1 Å². The number of piperazine rings is 1. The van der Waals surface area contributed by atoms with Crippen molar-refractivity contribution in [3.63, 3.8) is 0 Å². The number of rotatable bonds is 3. The van der Waals surface area contributed by atoms with Gasteiger partial charge in [0.2, 0.25) is 5.91 Å². The number of fused-ring (bicyclic) bond motifs is 1. The van der Waals surface area contributed by atoms with Crippen LogP contribution >= 0.6 is 0 Å². The average Bonchev–Trinajstić information content (AvgIpc) is 2.74. The van der Waals surface area contributed by atoms with Gasteiger partial charge < -0.3 is 20.2 Å². The first-order valence-corrected chi connectivity index (χ1v) is 10.4. The van der Waals surface area contributed by atoms with Crippen LogP contribution in [0.25, 0.3) is 0 Å². The van der Waals surface area contributed by atoms with Gasteiger partial charge in [0.25, 0.3) is 5.91 Å². The van der Waals surface area contributed by atoms with Crippen LogP contribution in [0.5, 0.6) is 5.75 Å². The Bertz CT molecular complexity index is 949. The summed E-state index contributed by atoms with van der Waals surface area (Å²) in [5.41, 5.74) is 1.55. The van der Waals surface area contributed by atoms with Gasteiger partial charge in [0, 0.05) is 5.69 Å². The van der Waals surface area contributed by atoms with E-state index in [4.69, 9.17) is 0 Å². The Hall–Kier alpha value is -3.06. The van der Waals surface area contributed by atoms with E-state index < -0.39 is 5.54 Å². The van der Waals surface area contributed by atoms with Crippen molar-refractivity contribution in [3.8, 4) is 5.75 Å². The quantitative estimate of drug-likeness (QED) is 0.713. The molecule has 1 saturated heterocycles. The summed E-state index contributed by atoms with van der Waals surface area (Å²) < 4.78 is 0. The van der Waals surface area contributed by atoms with Crippen LogP contribution in [0.2, 0.25) is 0 Å². The van der Waals surface area contributed by atoms with Gasteiger partial charge in [-0.05, 0) is 57.2 Å². The fourth-order valence-electron chi connectivity index (χ4n) is 4.36. The maximum Gasteiger partial charge on any atom is 0.285 e. The van der Waals surface area contributed by atoms with Gasteiger partial charge in [-0.3, -0.25) is 14.5 Å². The molecule has 2 aliphatic heterocycles. The van der Waals surface area contributed by atoms with E-state index in [0.717, 1.165) is 37.6 Å². The Labute approximate surface area is 176 Å². The molecular weight excluding hydrogens is 380 g/mol. The lowest BCUT2D eigenvalue weighted by molar-refractivity contribution is -0.914. The third-order valence-electron chi connectivity index (χ3n) is 6.33. The molecule has 2 aromatic rings. The number of carbonyl (C=O) groups excluding carboxylic acids is 2. The number of para-hydroxylation sites is 2. The molecule has 1 atom stereocenters. The van der Waals surface area contributed by atoms with E-state index in [1.165, 1.54) is 4.90 Å². The van der Waals surface area contributed by atoms with Crippen molar-refractivity contribution in [1.82, 2.24) is 0 Å². The van der Waals surface area contributed by atoms with Crippen LogP contribution in [0.1, 0.15) is 20.8 Å². The molecule has 4 rings (SSSR count). The van der Waals surface area contributed by atoms with Gasteiger partial charge in [0.05, 0.1) is 37.6 Å². The molecule has 30 heavy (non-hydrogen) atoms. The number of benzene rings is 2. The Morgan fingerprint density at radius 2 is 1.73 bits per heavy atom. The topological polar surface area (TPSA) is 77.3 Å². The van der Waals surface area contributed by atoms with Crippen LogP contribution in [0.15, 0.2) is 48.5 Å². The number of amides is 2. The third kappa shape index (κ3) is 3.50. The predicted octanol–water partition coefficient (Wildman–Crippen LogP) is 1.25. The van der Waals surface area contributed by atoms with Crippen LogP contribution in [0, 0.1) is 0 Å². The van der Waals surface area contributed by atoms with Crippen LogP contribution in [-0.2, 0) is 9.59 Å². The van der Waals surface area contributed by atoms with Gasteiger partial charge in [-0.2, -0.15) is 0 Å². The lowest BCUT2D eigenvalue weighted by Gasteiger charge is -2.44. The molecule has 3 N–H and O–H groups in total. The molecule has 7 nitrogen and oxygen atoms in total. The Balaban J connectivity index is 1.50. The molecule has 2 heterocycles. The van der Waals surface area contributed by atoms with E-state index in [1.54, 1.807) is 30.9 Å². The van der Waals surface area contributed by atoms with Gasteiger partial charge in [-0.15, -0.1) is 0 Å². The molecule has 0 unspecified atom stereocenters. The van der Waals surface area contributed by atoms with Crippen molar-refractivity contribution < 1.29 is 19.6 Å². The summed E-state index contributed by atoms with van der Waals surface area (Å²) in [5.74, 6) is 0.0555. The van der Waals surface area contributed by atoms with Gasteiger partial charge >= 0.3 is 0 Å². The Morgan fingerprint density at radius 3 is 2.40 bits per heavy atom. The van der Waals surface area contributed by atoms with Crippen LogP contribution in [0.3, 0.4) is 0 Å². The molecular formula is C23H29N4O3+. The molecule has 0 aromatic heterocycles. The number of aromatic hydroxyl groups is 1. The molecule has 1 fully saturated rings. The van der Waals surface area contributed by atoms with Gasteiger partial charge in [-0.25, -0.2) is 0 Å². The van der Waals surface area contributed by atoms with Crippen LogP contribution in [0.4, 0.5) is 17.1 Å². The summed E-state index contributed by atoms with van der Waals surface area (Å²) in [6.07, 6.45) is 0. The van der Waals surface area contributed by atoms with E-state index in [9.17, 15) is 14.7 Å². The number of hydrogen-bond acceptors (Lipinski definition) is 4. The zero-order valence-corrected chi connectivity index (χ0v) is 17.7. The van der Waals surface area contributed by atoms with Crippen molar-refractivity contribution in [1.29, 1.82) is 0 Å². The smallest absolute Gasteiger partial charge is 0.285 e. The molecule has 2 aliphatic rings. The molecule has 0 bridgehead atoms. The molecule has 0 radical (unpaired) electrons. The van der Waals surface area contributed by atoms with E-state index >= 15 is 0 Å². The van der Waals surface area contributed by atoms with Gasteiger partial charge in [0.15, 0.2) is 6.04 Å². The standard InChI is InChI=1S/C23H28N4O3/c1-16(25-12-14-26(15-13-25)17-8-10-18(28)11-9-17)21(29)27-20-7-5-4-6-19(20)24-22(30)23(27,2)3/h4-11,16,28H,12-15H2,1-3H3,(H,24,30)/p+1/t16-/m0/s1. The summed E-state index contributed by atoms with van der Waals surface area (Å²) in [6.45, 7) is 8.86. The highest BCUT2D eigenvalue weighted by atomic mass is 16.3. The largest absolute Gasteiger partial charge is 0.508 e. The zero-order chi connectivity index (χ0) is 21.5. The second kappa shape index (κ2) is 7.65. The number of hydrogen-bond donors (Lipinski definition) is 3. The molecule has 7 heteroatoms. The van der Waals surface area contributed by atoms with E-state index in [-0.39, 0.29) is 23.6 Å². The fourth-order valence-corrected chi connectivity index (χ4v) is 4.36. The average molecular weight is 410 g/mol. The summed E-state index contributed by atoms with van der Waals surface area (Å²) in [6, 6.07) is 14.4. The number of nitrogens with zero attached hydrogens (tertiary/aromatic N) is 2. The normalized spacial score (nSPS) is 19.8. The number of quaternary nitrogens is 1. The van der Waals surface area contributed by atoms with Gasteiger partial charge in [0.1, 0.15) is 11.3 Å². The summed E-state index contributed by atoms with van der Waals surface area (Å²) >= 11 is 0. The Kier molecular flexibility index (Phi) is 5.15. The second-order valence-corrected chi connectivity index (χ2v) is 8.59. The molecule has 0 spiro atoms. The number of carbonyl (C=O) groups is 2. The monoisotopic (exact) mass is 409 g/mol. The lowest BCUT2D eigenvalue weighted by atomic mass is 9.95. The fraction of sp³-hybridized carbons (Fsp3) is 0.391. The van der Waals surface area contributed by atoms with Crippen molar-refractivity contribution in [2.24, 2.45) is 0 Å². The zero-order valence-electron chi connectivity index (χ0n) is 17.7. The molecule has 0 aliphatic carbocycles. The summed E-state index contributed by atoms with van der Waals surface area (Å²) in [4.78, 5) is 31.4. The maximum absolute atomic E-state index is 13.6. The van der Waals surface area contributed by atoms with E-state index in [2.05, 4.69) is 10.2 Å². The summed E-state index contributed by atoms with van der Waals surface area (Å²) in [7, 11) is 0. The molecule has 2 amide bonds. The highest BCUT2D eigenvalue weighted by Crippen LogP contribution is 2.36. The SMILES string of the molecule is C[C@@H](C(=O)N1c2ccccc2NC(=O)C1(C)C)[NH+]1CCN(c2ccc(O)cc2)CC1. The number of anilines is 3.